The van der Waals surface area contributed by atoms with E-state index >= 15 is 0 Å². The third-order valence-corrected chi connectivity index (χ3v) is 6.63. The number of pyridine rings is 1. The zero-order valence-electron chi connectivity index (χ0n) is 18.4. The van der Waals surface area contributed by atoms with Crippen LogP contribution in [0.15, 0.2) is 48.7 Å². The molecule has 0 aliphatic rings. The highest BCUT2D eigenvalue weighted by Gasteiger charge is 2.30. The van der Waals surface area contributed by atoms with Gasteiger partial charge in [0.25, 0.3) is 0 Å². The number of aryl methyl sites for hydroxylation is 2. The van der Waals surface area contributed by atoms with Gasteiger partial charge in [-0.05, 0) is 42.9 Å². The van der Waals surface area contributed by atoms with E-state index in [1.54, 1.807) is 6.20 Å². The molecule has 0 bridgehead atoms. The predicted octanol–water partition coefficient (Wildman–Crippen LogP) is 4.90. The summed E-state index contributed by atoms with van der Waals surface area (Å²) in [7, 11) is 0. The van der Waals surface area contributed by atoms with Gasteiger partial charge in [-0.1, -0.05) is 62.1 Å². The van der Waals surface area contributed by atoms with Gasteiger partial charge in [0.2, 0.25) is 0 Å². The zero-order chi connectivity index (χ0) is 23.2. The summed E-state index contributed by atoms with van der Waals surface area (Å²) in [5.41, 5.74) is 2.85. The normalized spacial score (nSPS) is 12.9. The molecule has 2 aromatic rings. The van der Waals surface area contributed by atoms with Gasteiger partial charge in [0.1, 0.15) is 0 Å². The van der Waals surface area contributed by atoms with Gasteiger partial charge >= 0.3 is 11.9 Å². The highest BCUT2D eigenvalue weighted by Crippen LogP contribution is 2.34. The molecule has 0 fully saturated rings. The van der Waals surface area contributed by atoms with Crippen LogP contribution in [0.3, 0.4) is 0 Å². The smallest absolute Gasteiger partial charge is 0.334 e. The first-order valence-electron chi connectivity index (χ1n) is 11.2. The minimum atomic E-state index is -1.63. The number of thioether (sulfide) groups is 1. The maximum Gasteiger partial charge on any atom is 0.334 e. The molecule has 3 N–H and O–H groups in total. The number of hydrogen-bond acceptors (Lipinski definition) is 5. The van der Waals surface area contributed by atoms with Crippen molar-refractivity contribution < 1.29 is 24.9 Å². The van der Waals surface area contributed by atoms with E-state index in [1.807, 2.05) is 18.2 Å². The first kappa shape index (κ1) is 25.9. The average Bonchev–Trinajstić information content (AvgIpc) is 2.79. The summed E-state index contributed by atoms with van der Waals surface area (Å²) >= 11 is 1.13. The Morgan fingerprint density at radius 3 is 2.19 bits per heavy atom. The lowest BCUT2D eigenvalue weighted by atomic mass is 10.00. The number of aromatic nitrogens is 1. The SMILES string of the molecule is O=C(O)CCSC(c1ncccc1CCCCCCCCc1ccccc1)C(O)C(=O)O. The van der Waals surface area contributed by atoms with E-state index in [0.717, 1.165) is 49.4 Å². The third-order valence-electron chi connectivity index (χ3n) is 5.35. The van der Waals surface area contributed by atoms with Crippen molar-refractivity contribution in [3.63, 3.8) is 0 Å². The summed E-state index contributed by atoms with van der Waals surface area (Å²) in [4.78, 5) is 26.6. The Bertz CT molecular complexity index is 830. The third kappa shape index (κ3) is 9.40. The summed E-state index contributed by atoms with van der Waals surface area (Å²) in [5.74, 6) is -2.07. The van der Waals surface area contributed by atoms with Crippen LogP contribution in [-0.4, -0.2) is 44.1 Å². The molecule has 32 heavy (non-hydrogen) atoms. The number of aliphatic hydroxyl groups excluding tert-OH is 1. The van der Waals surface area contributed by atoms with Crippen LogP contribution in [0.25, 0.3) is 0 Å². The van der Waals surface area contributed by atoms with Crippen LogP contribution in [0.1, 0.15) is 67.0 Å². The first-order chi connectivity index (χ1) is 15.5. The van der Waals surface area contributed by atoms with E-state index in [-0.39, 0.29) is 12.2 Å². The lowest BCUT2D eigenvalue weighted by molar-refractivity contribution is -0.146. The molecule has 2 atom stereocenters. The quantitative estimate of drug-likeness (QED) is 0.306. The van der Waals surface area contributed by atoms with E-state index in [0.29, 0.717) is 5.69 Å². The number of unbranched alkanes of at least 4 members (excludes halogenated alkanes) is 5. The van der Waals surface area contributed by atoms with Gasteiger partial charge in [0.05, 0.1) is 17.4 Å². The molecule has 2 unspecified atom stereocenters. The maximum atomic E-state index is 11.4. The minimum absolute atomic E-state index is 0.0973. The summed E-state index contributed by atoms with van der Waals surface area (Å²) < 4.78 is 0. The molecule has 1 aromatic carbocycles. The van der Waals surface area contributed by atoms with Gasteiger partial charge in [0.15, 0.2) is 6.10 Å². The van der Waals surface area contributed by atoms with Crippen molar-refractivity contribution in [1.29, 1.82) is 0 Å². The number of aliphatic carboxylic acids is 2. The van der Waals surface area contributed by atoms with Crippen molar-refractivity contribution in [1.82, 2.24) is 4.98 Å². The van der Waals surface area contributed by atoms with Crippen LogP contribution in [0.2, 0.25) is 0 Å². The van der Waals surface area contributed by atoms with Crippen LogP contribution in [0.4, 0.5) is 0 Å². The van der Waals surface area contributed by atoms with Gasteiger partial charge in [-0.25, -0.2) is 4.79 Å². The maximum absolute atomic E-state index is 11.4. The number of aliphatic hydroxyl groups is 1. The number of nitrogens with zero attached hydrogens (tertiary/aromatic N) is 1. The summed E-state index contributed by atoms with van der Waals surface area (Å²) in [6.07, 6.45) is 8.53. The van der Waals surface area contributed by atoms with Crippen LogP contribution >= 0.6 is 11.8 Å². The Hall–Kier alpha value is -2.38. The van der Waals surface area contributed by atoms with Crippen molar-refractivity contribution in [3.8, 4) is 0 Å². The molecular weight excluding hydrogens is 426 g/mol. The summed E-state index contributed by atoms with van der Waals surface area (Å²) in [5, 5.41) is 27.6. The number of carboxylic acid groups (broad SMARTS) is 2. The standard InChI is InChI=1S/C25H33NO5S/c27-21(28)16-18-32-24(23(29)25(30)31)22-20(15-10-17-26-22)14-9-4-2-1-3-6-11-19-12-7-5-8-13-19/h5,7-8,10,12-13,15,17,23-24,29H,1-4,6,9,11,14,16,18H2,(H,27,28)(H,30,31). The second kappa shape index (κ2) is 14.6. The van der Waals surface area contributed by atoms with Crippen LogP contribution in [0, 0.1) is 0 Å². The first-order valence-corrected chi connectivity index (χ1v) is 12.3. The Balaban J connectivity index is 1.80. The molecule has 0 amide bonds. The Labute approximate surface area is 194 Å². The monoisotopic (exact) mass is 459 g/mol. The lowest BCUT2D eigenvalue weighted by Crippen LogP contribution is -2.27. The predicted molar refractivity (Wildman–Crippen MR) is 127 cm³/mol. The molecule has 6 nitrogen and oxygen atoms in total. The second-order valence-corrected chi connectivity index (χ2v) is 9.12. The van der Waals surface area contributed by atoms with Crippen LogP contribution in [-0.2, 0) is 22.4 Å². The minimum Gasteiger partial charge on any atom is -0.481 e. The van der Waals surface area contributed by atoms with Gasteiger partial charge in [-0.2, -0.15) is 0 Å². The van der Waals surface area contributed by atoms with E-state index in [1.165, 1.54) is 24.8 Å². The van der Waals surface area contributed by atoms with E-state index in [2.05, 4.69) is 29.2 Å². The molecule has 0 aliphatic heterocycles. The molecule has 1 aromatic heterocycles. The highest BCUT2D eigenvalue weighted by molar-refractivity contribution is 7.99. The number of rotatable bonds is 16. The number of benzene rings is 1. The fourth-order valence-corrected chi connectivity index (χ4v) is 4.85. The second-order valence-electron chi connectivity index (χ2n) is 7.87. The molecule has 0 saturated heterocycles. The van der Waals surface area contributed by atoms with Crippen LogP contribution in [0.5, 0.6) is 0 Å². The Kier molecular flexibility index (Phi) is 11.8. The molecule has 0 spiro atoms. The van der Waals surface area contributed by atoms with Gasteiger partial charge in [0, 0.05) is 11.9 Å². The van der Waals surface area contributed by atoms with Gasteiger partial charge < -0.3 is 15.3 Å². The molecule has 7 heteroatoms. The molecule has 0 radical (unpaired) electrons. The largest absolute Gasteiger partial charge is 0.481 e. The average molecular weight is 460 g/mol. The molecule has 0 saturated carbocycles. The molecule has 2 rings (SSSR count). The number of carboxylic acids is 2. The number of hydrogen-bond donors (Lipinski definition) is 3. The molecule has 0 aliphatic carbocycles. The topological polar surface area (TPSA) is 108 Å². The highest BCUT2D eigenvalue weighted by atomic mass is 32.2. The summed E-state index contributed by atoms with van der Waals surface area (Å²) in [6.45, 7) is 0. The fraction of sp³-hybridized carbons (Fsp3) is 0.480. The number of carbonyl (C=O) groups is 2. The van der Waals surface area contributed by atoms with E-state index in [4.69, 9.17) is 5.11 Å². The fourth-order valence-electron chi connectivity index (χ4n) is 3.64. The van der Waals surface area contributed by atoms with Crippen molar-refractivity contribution >= 4 is 23.7 Å². The van der Waals surface area contributed by atoms with Crippen molar-refractivity contribution in [2.24, 2.45) is 0 Å². The Morgan fingerprint density at radius 1 is 0.875 bits per heavy atom. The molecular formula is C25H33NO5S. The molecule has 174 valence electrons. The Morgan fingerprint density at radius 2 is 1.53 bits per heavy atom. The van der Waals surface area contributed by atoms with Crippen molar-refractivity contribution in [2.75, 3.05) is 5.75 Å². The van der Waals surface area contributed by atoms with Gasteiger partial charge in [-0.3, -0.25) is 9.78 Å². The van der Waals surface area contributed by atoms with E-state index < -0.39 is 23.3 Å². The molecule has 1 heterocycles. The van der Waals surface area contributed by atoms with Crippen molar-refractivity contribution in [3.05, 3.63) is 65.5 Å². The lowest BCUT2D eigenvalue weighted by Gasteiger charge is -2.21. The van der Waals surface area contributed by atoms with Crippen molar-refractivity contribution in [2.45, 2.75) is 69.1 Å². The summed E-state index contributed by atoms with van der Waals surface area (Å²) in [6, 6.07) is 14.3. The zero-order valence-corrected chi connectivity index (χ0v) is 19.2. The van der Waals surface area contributed by atoms with E-state index in [9.17, 15) is 19.8 Å². The van der Waals surface area contributed by atoms with Crippen LogP contribution < -0.4 is 0 Å². The van der Waals surface area contributed by atoms with Gasteiger partial charge in [-0.15, -0.1) is 11.8 Å².